The van der Waals surface area contributed by atoms with Gasteiger partial charge in [-0.1, -0.05) is 0 Å². The molecule has 5 aromatic rings. The first-order chi connectivity index (χ1) is 25.8. The Morgan fingerprint density at radius 2 is 1.21 bits per heavy atom. The van der Waals surface area contributed by atoms with Gasteiger partial charge in [0.2, 0.25) is 0 Å². The van der Waals surface area contributed by atoms with Crippen LogP contribution in [0.2, 0.25) is 0 Å². The number of piperidine rings is 2. The number of nitrogens with two attached hydrogens (primary N) is 1. The summed E-state index contributed by atoms with van der Waals surface area (Å²) >= 11 is 0. The lowest BCUT2D eigenvalue weighted by Crippen LogP contribution is -2.43. The molecule has 280 valence electrons. The van der Waals surface area contributed by atoms with Crippen LogP contribution in [0.3, 0.4) is 0 Å². The first kappa shape index (κ1) is 36.7. The predicted octanol–water partition coefficient (Wildman–Crippen LogP) is 3.25. The van der Waals surface area contributed by atoms with Crippen LogP contribution in [-0.2, 0) is 19.6 Å². The van der Waals surface area contributed by atoms with Crippen molar-refractivity contribution in [2.75, 3.05) is 52.5 Å². The number of nitrogens with zero attached hydrogens (tertiary/aromatic N) is 7. The minimum absolute atomic E-state index is 0.0130. The van der Waals surface area contributed by atoms with Crippen molar-refractivity contribution in [3.63, 3.8) is 0 Å². The molecule has 0 saturated carbocycles. The molecular formula is C40H51N9O4. The molecule has 13 nitrogen and oxygen atoms in total. The van der Waals surface area contributed by atoms with Crippen molar-refractivity contribution in [2.24, 2.45) is 5.73 Å². The fraction of sp³-hybridized carbons (Fsp3) is 0.475. The number of rotatable bonds is 9. The summed E-state index contributed by atoms with van der Waals surface area (Å²) in [6.45, 7) is 12.9. The molecule has 3 N–H and O–H groups in total. The van der Waals surface area contributed by atoms with Crippen molar-refractivity contribution >= 4 is 22.1 Å². The molecule has 8 rings (SSSR count). The van der Waals surface area contributed by atoms with E-state index in [2.05, 4.69) is 30.1 Å². The maximum absolute atomic E-state index is 12.5. The molecule has 0 atom stereocenters. The fourth-order valence-electron chi connectivity index (χ4n) is 7.30. The Kier molecular flexibility index (Phi) is 11.7. The highest BCUT2D eigenvalue weighted by atomic mass is 16.6. The Hall–Kier alpha value is -4.69. The zero-order chi connectivity index (χ0) is 36.7. The molecule has 2 saturated heterocycles. The molecule has 0 aliphatic carbocycles. The van der Waals surface area contributed by atoms with Gasteiger partial charge < -0.3 is 30.3 Å². The molecule has 8 heterocycles. The summed E-state index contributed by atoms with van der Waals surface area (Å²) in [6.07, 6.45) is 5.99. The van der Waals surface area contributed by atoms with Crippen LogP contribution in [0.4, 0.5) is 0 Å². The van der Waals surface area contributed by atoms with E-state index in [1.807, 2.05) is 56.3 Å². The monoisotopic (exact) mass is 721 g/mol. The first-order valence-corrected chi connectivity index (χ1v) is 18.9. The van der Waals surface area contributed by atoms with Gasteiger partial charge in [0, 0.05) is 85.2 Å². The van der Waals surface area contributed by atoms with Crippen LogP contribution in [0.15, 0.2) is 70.4 Å². The third kappa shape index (κ3) is 9.28. The highest BCUT2D eigenvalue weighted by Gasteiger charge is 2.20. The molecule has 13 heteroatoms. The largest absolute Gasteiger partial charge is 0.486 e. The van der Waals surface area contributed by atoms with Gasteiger partial charge in [0.1, 0.15) is 24.5 Å². The number of hydrogen-bond donors (Lipinski definition) is 2. The lowest BCUT2D eigenvalue weighted by atomic mass is 10.0. The molecule has 0 unspecified atom stereocenters. The summed E-state index contributed by atoms with van der Waals surface area (Å²) in [5.41, 5.74) is 10.4. The Balaban J connectivity index is 0.000000179. The smallest absolute Gasteiger partial charge is 0.252 e. The van der Waals surface area contributed by atoms with E-state index in [0.29, 0.717) is 38.4 Å². The van der Waals surface area contributed by atoms with Gasteiger partial charge in [-0.15, -0.1) is 0 Å². The highest BCUT2D eigenvalue weighted by Crippen LogP contribution is 2.29. The average Bonchev–Trinajstić information content (AvgIpc) is 3.17. The summed E-state index contributed by atoms with van der Waals surface area (Å²) in [4.78, 5) is 43.0. The van der Waals surface area contributed by atoms with Gasteiger partial charge in [-0.2, -0.15) is 0 Å². The number of fused-ring (bicyclic) bond motifs is 3. The van der Waals surface area contributed by atoms with Crippen molar-refractivity contribution in [1.82, 2.24) is 39.2 Å². The zero-order valence-corrected chi connectivity index (χ0v) is 30.9. The quantitative estimate of drug-likeness (QED) is 0.231. The maximum atomic E-state index is 12.5. The van der Waals surface area contributed by atoms with E-state index in [0.717, 1.165) is 122 Å². The topological polar surface area (TPSA) is 146 Å². The van der Waals surface area contributed by atoms with Gasteiger partial charge in [0.05, 0.1) is 11.9 Å². The molecule has 0 aromatic carbocycles. The van der Waals surface area contributed by atoms with E-state index in [1.54, 1.807) is 27.5 Å². The SMILES string of the molecule is Cc1ccc2ccc(=O)n(CCN3CCC(N)CC3)c2n1.Cc1ccc2ccc(=O)n(CCN3CCC(NCc4cc5c(cn4)OCCO5)CC3)c2n1. The van der Waals surface area contributed by atoms with Gasteiger partial charge in [-0.3, -0.25) is 23.7 Å². The zero-order valence-electron chi connectivity index (χ0n) is 30.9. The van der Waals surface area contributed by atoms with Gasteiger partial charge in [-0.25, -0.2) is 9.97 Å². The van der Waals surface area contributed by atoms with Gasteiger partial charge in [-0.05, 0) is 102 Å². The second-order valence-electron chi connectivity index (χ2n) is 14.4. The summed E-state index contributed by atoms with van der Waals surface area (Å²) in [6, 6.07) is 17.8. The molecule has 0 amide bonds. The van der Waals surface area contributed by atoms with E-state index < -0.39 is 0 Å². The number of likely N-dealkylation sites (tertiary alicyclic amines) is 2. The molecule has 0 spiro atoms. The summed E-state index contributed by atoms with van der Waals surface area (Å²) in [5, 5.41) is 5.65. The number of nitrogens with one attached hydrogen (secondary N) is 1. The lowest BCUT2D eigenvalue weighted by Gasteiger charge is -2.32. The Morgan fingerprint density at radius 3 is 1.77 bits per heavy atom. The number of aryl methyl sites for hydroxylation is 2. The molecule has 0 bridgehead atoms. The second kappa shape index (κ2) is 17.0. The number of pyridine rings is 5. The molecule has 53 heavy (non-hydrogen) atoms. The van der Waals surface area contributed by atoms with Crippen LogP contribution in [0.5, 0.6) is 11.5 Å². The first-order valence-electron chi connectivity index (χ1n) is 18.9. The Labute approximate surface area is 309 Å². The van der Waals surface area contributed by atoms with Crippen LogP contribution in [-0.4, -0.2) is 98.5 Å². The number of hydrogen-bond acceptors (Lipinski definition) is 11. The molecule has 5 aromatic heterocycles. The van der Waals surface area contributed by atoms with E-state index in [4.69, 9.17) is 15.2 Å². The summed E-state index contributed by atoms with van der Waals surface area (Å²) in [5.74, 6) is 1.51. The molecule has 2 fully saturated rings. The molecule has 3 aliphatic heterocycles. The van der Waals surface area contributed by atoms with Crippen LogP contribution in [0, 0.1) is 13.8 Å². The maximum Gasteiger partial charge on any atom is 0.252 e. The standard InChI is InChI=1S/C24H29N5O3.C16H22N4O/c1-17-2-3-18-4-5-23(30)29(24(18)27-17)11-10-28-8-6-19(7-9-28)25-15-20-14-21-22(16-26-20)32-13-12-31-21;1-12-2-3-13-4-5-15(21)20(16(13)18-12)11-10-19-8-6-14(17)7-9-19/h2-5,14,16,19,25H,6-13,15H2,1H3;2-5,14H,6-11,17H2,1H3. The summed E-state index contributed by atoms with van der Waals surface area (Å²) in [7, 11) is 0. The third-order valence-electron chi connectivity index (χ3n) is 10.5. The third-order valence-corrected chi connectivity index (χ3v) is 10.5. The van der Waals surface area contributed by atoms with Gasteiger partial charge in [0.25, 0.3) is 11.1 Å². The number of aromatic nitrogens is 5. The molecule has 3 aliphatic rings. The minimum atomic E-state index is 0.0130. The summed E-state index contributed by atoms with van der Waals surface area (Å²) < 4.78 is 14.8. The average molecular weight is 722 g/mol. The van der Waals surface area contributed by atoms with E-state index in [1.165, 1.54) is 0 Å². The minimum Gasteiger partial charge on any atom is -0.486 e. The molecular weight excluding hydrogens is 670 g/mol. The predicted molar refractivity (Wildman–Crippen MR) is 207 cm³/mol. The Bertz CT molecular complexity index is 2140. The van der Waals surface area contributed by atoms with Crippen molar-refractivity contribution in [3.8, 4) is 11.5 Å². The Morgan fingerprint density at radius 1 is 0.698 bits per heavy atom. The van der Waals surface area contributed by atoms with Crippen LogP contribution in [0.1, 0.15) is 42.8 Å². The van der Waals surface area contributed by atoms with Crippen molar-refractivity contribution in [3.05, 3.63) is 98.6 Å². The van der Waals surface area contributed by atoms with E-state index >= 15 is 0 Å². The fourth-order valence-corrected chi connectivity index (χ4v) is 7.30. The van der Waals surface area contributed by atoms with Gasteiger partial charge >= 0.3 is 0 Å². The normalized spacial score (nSPS) is 17.2. The second-order valence-corrected chi connectivity index (χ2v) is 14.4. The van der Waals surface area contributed by atoms with Crippen molar-refractivity contribution in [1.29, 1.82) is 0 Å². The van der Waals surface area contributed by atoms with Crippen LogP contribution < -0.4 is 31.6 Å². The van der Waals surface area contributed by atoms with Crippen LogP contribution in [0.25, 0.3) is 22.1 Å². The molecule has 0 radical (unpaired) electrons. The van der Waals surface area contributed by atoms with E-state index in [9.17, 15) is 9.59 Å². The highest BCUT2D eigenvalue weighted by molar-refractivity contribution is 5.75. The van der Waals surface area contributed by atoms with Crippen molar-refractivity contribution < 1.29 is 9.47 Å². The van der Waals surface area contributed by atoms with Gasteiger partial charge in [0.15, 0.2) is 11.5 Å². The lowest BCUT2D eigenvalue weighted by molar-refractivity contribution is 0.170. The van der Waals surface area contributed by atoms with E-state index in [-0.39, 0.29) is 11.1 Å². The van der Waals surface area contributed by atoms with Crippen LogP contribution >= 0.6 is 0 Å². The van der Waals surface area contributed by atoms with Crippen molar-refractivity contribution in [2.45, 2.75) is 71.2 Å². The number of ether oxygens (including phenoxy) is 2.